The standard InChI is InChI=1S/C10H10N2O3/c1-6(13)12-3-2-8-9(12)4-7(5-11-8)10(14)15/h4-5H,2-3H2,1H3,(H,14,15). The van der Waals surface area contributed by atoms with E-state index in [0.29, 0.717) is 18.7 Å². The van der Waals surface area contributed by atoms with Crippen LogP contribution in [0.3, 0.4) is 0 Å². The number of aromatic nitrogens is 1. The molecule has 5 heteroatoms. The van der Waals surface area contributed by atoms with E-state index in [1.54, 1.807) is 4.90 Å². The minimum atomic E-state index is -1.03. The van der Waals surface area contributed by atoms with Crippen LogP contribution in [0.25, 0.3) is 0 Å². The molecule has 15 heavy (non-hydrogen) atoms. The molecule has 1 N–H and O–H groups in total. The number of amides is 1. The third-order valence-electron chi connectivity index (χ3n) is 2.44. The number of pyridine rings is 1. The Morgan fingerprint density at radius 2 is 2.27 bits per heavy atom. The van der Waals surface area contributed by atoms with Crippen LogP contribution in [-0.2, 0) is 11.2 Å². The van der Waals surface area contributed by atoms with Crippen LogP contribution in [0.2, 0.25) is 0 Å². The third-order valence-corrected chi connectivity index (χ3v) is 2.44. The molecule has 1 aromatic heterocycles. The number of hydrogen-bond acceptors (Lipinski definition) is 3. The van der Waals surface area contributed by atoms with Gasteiger partial charge in [0.1, 0.15) is 0 Å². The van der Waals surface area contributed by atoms with Crippen molar-refractivity contribution in [3.05, 3.63) is 23.5 Å². The molecule has 2 rings (SSSR count). The summed E-state index contributed by atoms with van der Waals surface area (Å²) in [6.45, 7) is 2.04. The Morgan fingerprint density at radius 3 is 2.87 bits per heavy atom. The fourth-order valence-corrected chi connectivity index (χ4v) is 1.69. The Balaban J connectivity index is 2.46. The van der Waals surface area contributed by atoms with Crippen molar-refractivity contribution in [3.8, 4) is 0 Å². The maximum absolute atomic E-state index is 11.2. The van der Waals surface area contributed by atoms with E-state index in [2.05, 4.69) is 4.98 Å². The Hall–Kier alpha value is -1.91. The molecule has 0 aromatic carbocycles. The zero-order chi connectivity index (χ0) is 11.0. The van der Waals surface area contributed by atoms with Gasteiger partial charge >= 0.3 is 5.97 Å². The molecule has 0 atom stereocenters. The Bertz CT molecular complexity index is 442. The van der Waals surface area contributed by atoms with Crippen LogP contribution < -0.4 is 4.90 Å². The summed E-state index contributed by atoms with van der Waals surface area (Å²) < 4.78 is 0. The van der Waals surface area contributed by atoms with Gasteiger partial charge in [-0.3, -0.25) is 9.78 Å². The van der Waals surface area contributed by atoms with Gasteiger partial charge in [-0.15, -0.1) is 0 Å². The Labute approximate surface area is 86.3 Å². The van der Waals surface area contributed by atoms with Crippen molar-refractivity contribution in [1.82, 2.24) is 4.98 Å². The number of nitrogens with zero attached hydrogens (tertiary/aromatic N) is 2. The second-order valence-corrected chi connectivity index (χ2v) is 3.42. The maximum atomic E-state index is 11.2. The lowest BCUT2D eigenvalue weighted by Gasteiger charge is -2.14. The van der Waals surface area contributed by atoms with Gasteiger partial charge in [-0.05, 0) is 6.07 Å². The highest BCUT2D eigenvalue weighted by molar-refractivity contribution is 5.95. The fourth-order valence-electron chi connectivity index (χ4n) is 1.69. The van der Waals surface area contributed by atoms with E-state index < -0.39 is 5.97 Å². The van der Waals surface area contributed by atoms with Gasteiger partial charge in [-0.2, -0.15) is 0 Å². The van der Waals surface area contributed by atoms with E-state index in [9.17, 15) is 9.59 Å². The molecule has 0 radical (unpaired) electrons. The first kappa shape index (κ1) is 9.64. The lowest BCUT2D eigenvalue weighted by Crippen LogP contribution is -2.25. The van der Waals surface area contributed by atoms with Gasteiger partial charge in [-0.25, -0.2) is 4.79 Å². The number of carboxylic acids is 1. The summed E-state index contributed by atoms with van der Waals surface area (Å²) in [5.74, 6) is -1.11. The lowest BCUT2D eigenvalue weighted by atomic mass is 10.2. The molecule has 1 amide bonds. The van der Waals surface area contributed by atoms with Gasteiger partial charge in [-0.1, -0.05) is 0 Å². The third kappa shape index (κ3) is 1.56. The Morgan fingerprint density at radius 1 is 1.53 bits per heavy atom. The number of aromatic carboxylic acids is 1. The second-order valence-electron chi connectivity index (χ2n) is 3.42. The minimum absolute atomic E-state index is 0.0851. The van der Waals surface area contributed by atoms with Gasteiger partial charge < -0.3 is 10.0 Å². The summed E-state index contributed by atoms with van der Waals surface area (Å²) >= 11 is 0. The molecular weight excluding hydrogens is 196 g/mol. The average Bonchev–Trinajstić information content (AvgIpc) is 2.59. The SMILES string of the molecule is CC(=O)N1CCc2ncc(C(=O)O)cc21. The number of fused-ring (bicyclic) bond motifs is 1. The quantitative estimate of drug-likeness (QED) is 0.733. The summed E-state index contributed by atoms with van der Waals surface area (Å²) in [5, 5.41) is 8.80. The first-order valence-electron chi connectivity index (χ1n) is 4.60. The minimum Gasteiger partial charge on any atom is -0.478 e. The normalized spacial score (nSPS) is 13.8. The molecular formula is C10H10N2O3. The second kappa shape index (κ2) is 3.34. The summed E-state index contributed by atoms with van der Waals surface area (Å²) in [4.78, 5) is 27.6. The average molecular weight is 206 g/mol. The number of rotatable bonds is 1. The van der Waals surface area contributed by atoms with Gasteiger partial charge in [0.25, 0.3) is 0 Å². The highest BCUT2D eigenvalue weighted by Gasteiger charge is 2.24. The van der Waals surface area contributed by atoms with Crippen molar-refractivity contribution in [2.24, 2.45) is 0 Å². The van der Waals surface area contributed by atoms with Crippen LogP contribution in [-0.4, -0.2) is 28.5 Å². The van der Waals surface area contributed by atoms with Crippen molar-refractivity contribution < 1.29 is 14.7 Å². The van der Waals surface area contributed by atoms with Crippen LogP contribution >= 0.6 is 0 Å². The molecule has 1 aliphatic heterocycles. The molecule has 5 nitrogen and oxygen atoms in total. The molecule has 78 valence electrons. The maximum Gasteiger partial charge on any atom is 0.337 e. The van der Waals surface area contributed by atoms with E-state index in [-0.39, 0.29) is 11.5 Å². The van der Waals surface area contributed by atoms with Crippen LogP contribution in [0, 0.1) is 0 Å². The van der Waals surface area contributed by atoms with Crippen LogP contribution in [0.5, 0.6) is 0 Å². The lowest BCUT2D eigenvalue weighted by molar-refractivity contribution is -0.116. The first-order valence-corrected chi connectivity index (χ1v) is 4.60. The summed E-state index contributed by atoms with van der Waals surface area (Å²) in [6, 6.07) is 1.50. The number of hydrogen-bond donors (Lipinski definition) is 1. The van der Waals surface area contributed by atoms with E-state index in [1.807, 2.05) is 0 Å². The predicted octanol–water partition coefficient (Wildman–Crippen LogP) is 0.689. The van der Waals surface area contributed by atoms with E-state index in [0.717, 1.165) is 5.69 Å². The molecule has 0 saturated heterocycles. The van der Waals surface area contributed by atoms with E-state index >= 15 is 0 Å². The first-order chi connectivity index (χ1) is 7.09. The highest BCUT2D eigenvalue weighted by Crippen LogP contribution is 2.26. The fraction of sp³-hybridized carbons (Fsp3) is 0.300. The van der Waals surface area contributed by atoms with E-state index in [4.69, 9.17) is 5.11 Å². The molecule has 1 aromatic rings. The van der Waals surface area contributed by atoms with Gasteiger partial charge in [0.05, 0.1) is 16.9 Å². The molecule has 0 spiro atoms. The van der Waals surface area contributed by atoms with Crippen LogP contribution in [0.1, 0.15) is 23.0 Å². The summed E-state index contributed by atoms with van der Waals surface area (Å²) in [7, 11) is 0. The number of carboxylic acid groups (broad SMARTS) is 1. The monoisotopic (exact) mass is 206 g/mol. The summed E-state index contributed by atoms with van der Waals surface area (Å²) in [5.41, 5.74) is 1.53. The molecule has 0 bridgehead atoms. The van der Waals surface area contributed by atoms with Crippen molar-refractivity contribution in [1.29, 1.82) is 0 Å². The molecule has 1 aliphatic rings. The predicted molar refractivity (Wildman–Crippen MR) is 52.9 cm³/mol. The zero-order valence-corrected chi connectivity index (χ0v) is 8.23. The van der Waals surface area contributed by atoms with Crippen molar-refractivity contribution in [2.45, 2.75) is 13.3 Å². The topological polar surface area (TPSA) is 70.5 Å². The highest BCUT2D eigenvalue weighted by atomic mass is 16.4. The molecule has 0 saturated carbocycles. The van der Waals surface area contributed by atoms with Crippen molar-refractivity contribution in [2.75, 3.05) is 11.4 Å². The van der Waals surface area contributed by atoms with Crippen molar-refractivity contribution in [3.63, 3.8) is 0 Å². The number of anilines is 1. The zero-order valence-electron chi connectivity index (χ0n) is 8.23. The largest absolute Gasteiger partial charge is 0.478 e. The van der Waals surface area contributed by atoms with Crippen LogP contribution in [0.15, 0.2) is 12.3 Å². The van der Waals surface area contributed by atoms with Crippen LogP contribution in [0.4, 0.5) is 5.69 Å². The molecule has 0 fully saturated rings. The number of carbonyl (C=O) groups excluding carboxylic acids is 1. The molecule has 0 aliphatic carbocycles. The smallest absolute Gasteiger partial charge is 0.337 e. The number of carbonyl (C=O) groups is 2. The summed E-state index contributed by atoms with van der Waals surface area (Å²) in [6.07, 6.45) is 2.01. The van der Waals surface area contributed by atoms with Gasteiger partial charge in [0, 0.05) is 26.1 Å². The molecule has 0 unspecified atom stereocenters. The van der Waals surface area contributed by atoms with Crippen molar-refractivity contribution >= 4 is 17.6 Å². The van der Waals surface area contributed by atoms with E-state index in [1.165, 1.54) is 19.2 Å². The Kier molecular flexibility index (Phi) is 2.15. The molecule has 2 heterocycles. The van der Waals surface area contributed by atoms with Gasteiger partial charge in [0.15, 0.2) is 0 Å². The van der Waals surface area contributed by atoms with Gasteiger partial charge in [0.2, 0.25) is 5.91 Å².